The highest BCUT2D eigenvalue weighted by atomic mass is 16.4. The van der Waals surface area contributed by atoms with Gasteiger partial charge in [0.15, 0.2) is 11.2 Å². The van der Waals surface area contributed by atoms with E-state index in [1.165, 1.54) is 18.3 Å². The largest absolute Gasteiger partial charge is 0.480 e. The van der Waals surface area contributed by atoms with Crippen LogP contribution in [0.2, 0.25) is 0 Å². The van der Waals surface area contributed by atoms with Gasteiger partial charge in [0.25, 0.3) is 11.5 Å². The van der Waals surface area contributed by atoms with Crippen molar-refractivity contribution in [1.29, 1.82) is 0 Å². The van der Waals surface area contributed by atoms with Crippen molar-refractivity contribution in [2.24, 2.45) is 5.73 Å². The van der Waals surface area contributed by atoms with Crippen LogP contribution in [0.1, 0.15) is 35.4 Å². The molecule has 0 radical (unpaired) electrons. The predicted molar refractivity (Wildman–Crippen MR) is 125 cm³/mol. The Hall–Kier alpha value is -4.59. The first kappa shape index (κ1) is 25.0. The van der Waals surface area contributed by atoms with Crippen molar-refractivity contribution in [2.75, 3.05) is 17.7 Å². The van der Waals surface area contributed by atoms with Gasteiger partial charge in [0.05, 0.1) is 17.9 Å². The Morgan fingerprint density at radius 3 is 2.40 bits per heavy atom. The number of carboxylic acids is 2. The van der Waals surface area contributed by atoms with Crippen molar-refractivity contribution < 1.29 is 24.6 Å². The molecule has 2 aromatic heterocycles. The molecule has 3 unspecified atom stereocenters. The number of nitrogen functional groups attached to an aromatic ring is 1. The van der Waals surface area contributed by atoms with E-state index in [0.29, 0.717) is 11.4 Å². The lowest BCUT2D eigenvalue weighted by Crippen LogP contribution is -2.46. The molecule has 1 aromatic carbocycles. The second kappa shape index (κ2) is 10.1. The fourth-order valence-corrected chi connectivity index (χ4v) is 3.24. The number of H-pyrrole nitrogens is 1. The standard InChI is InChI=1S/C21H24N8O6/c1-9(14-8-24-16-15(25-14)18(31)28-21(23)27-16)29(2)11-5-3-10(4-6-11)17(30)26-13(20(34)35)7-12(22)19(32)33/h3-6,8-9,12-13H,7,22H2,1-2H3,(H,26,30)(H,32,33)(H,34,35)(H3,23,24,27,28,31). The number of aromatic nitrogens is 4. The number of amides is 1. The molecule has 0 saturated heterocycles. The summed E-state index contributed by atoms with van der Waals surface area (Å²) in [7, 11) is 1.78. The van der Waals surface area contributed by atoms with E-state index in [1.54, 1.807) is 19.2 Å². The van der Waals surface area contributed by atoms with Crippen molar-refractivity contribution in [2.45, 2.75) is 31.5 Å². The minimum Gasteiger partial charge on any atom is -0.480 e. The second-order valence-corrected chi connectivity index (χ2v) is 7.80. The Labute approximate surface area is 198 Å². The van der Waals surface area contributed by atoms with E-state index < -0.39 is 41.9 Å². The molecule has 14 nitrogen and oxygen atoms in total. The number of aliphatic carboxylic acids is 2. The smallest absolute Gasteiger partial charge is 0.326 e. The minimum atomic E-state index is -1.46. The predicted octanol–water partition coefficient (Wildman–Crippen LogP) is -0.522. The Morgan fingerprint density at radius 1 is 1.14 bits per heavy atom. The summed E-state index contributed by atoms with van der Waals surface area (Å²) >= 11 is 0. The molecule has 0 spiro atoms. The molecular formula is C21H24N8O6. The number of carbonyl (C=O) groups excluding carboxylic acids is 1. The van der Waals surface area contributed by atoms with Crippen molar-refractivity contribution in [3.05, 3.63) is 52.1 Å². The van der Waals surface area contributed by atoms with Gasteiger partial charge in [-0.05, 0) is 31.2 Å². The molecule has 14 heteroatoms. The minimum absolute atomic E-state index is 0.0552. The van der Waals surface area contributed by atoms with Gasteiger partial charge in [-0.3, -0.25) is 19.4 Å². The Morgan fingerprint density at radius 2 is 1.80 bits per heavy atom. The van der Waals surface area contributed by atoms with Gasteiger partial charge < -0.3 is 31.9 Å². The highest BCUT2D eigenvalue weighted by Gasteiger charge is 2.26. The highest BCUT2D eigenvalue weighted by molar-refractivity contribution is 5.97. The van der Waals surface area contributed by atoms with Crippen molar-refractivity contribution >= 4 is 40.6 Å². The maximum Gasteiger partial charge on any atom is 0.326 e. The Balaban J connectivity index is 1.74. The maximum atomic E-state index is 12.5. The lowest BCUT2D eigenvalue weighted by atomic mass is 10.1. The van der Waals surface area contributed by atoms with Gasteiger partial charge in [-0.2, -0.15) is 4.98 Å². The fourth-order valence-electron chi connectivity index (χ4n) is 3.24. The van der Waals surface area contributed by atoms with E-state index >= 15 is 0 Å². The van der Waals surface area contributed by atoms with Gasteiger partial charge in [0, 0.05) is 24.7 Å². The molecule has 0 aliphatic heterocycles. The van der Waals surface area contributed by atoms with Crippen molar-refractivity contribution in [3.63, 3.8) is 0 Å². The van der Waals surface area contributed by atoms with E-state index in [1.807, 2.05) is 11.8 Å². The molecular weight excluding hydrogens is 460 g/mol. The molecule has 184 valence electrons. The highest BCUT2D eigenvalue weighted by Crippen LogP contribution is 2.24. The number of nitrogens with one attached hydrogen (secondary N) is 2. The van der Waals surface area contributed by atoms with Crippen LogP contribution in [-0.2, 0) is 9.59 Å². The summed E-state index contributed by atoms with van der Waals surface area (Å²) in [5.41, 5.74) is 12.0. The summed E-state index contributed by atoms with van der Waals surface area (Å²) in [5, 5.41) is 20.4. The molecule has 0 saturated carbocycles. The topological polar surface area (TPSA) is 231 Å². The summed E-state index contributed by atoms with van der Waals surface area (Å²) in [4.78, 5) is 63.6. The Bertz CT molecular complexity index is 1330. The van der Waals surface area contributed by atoms with E-state index in [9.17, 15) is 24.3 Å². The summed E-state index contributed by atoms with van der Waals surface area (Å²) in [6.45, 7) is 1.85. The quantitative estimate of drug-likeness (QED) is 0.225. The van der Waals surface area contributed by atoms with E-state index in [0.717, 1.165) is 0 Å². The average molecular weight is 484 g/mol. The zero-order valence-corrected chi connectivity index (χ0v) is 18.8. The zero-order chi connectivity index (χ0) is 25.9. The number of aromatic amines is 1. The summed E-state index contributed by atoms with van der Waals surface area (Å²) < 4.78 is 0. The number of nitrogens with two attached hydrogens (primary N) is 2. The Kier molecular flexibility index (Phi) is 7.25. The molecule has 35 heavy (non-hydrogen) atoms. The van der Waals surface area contributed by atoms with Crippen LogP contribution in [0.5, 0.6) is 0 Å². The van der Waals surface area contributed by atoms with Gasteiger partial charge in [-0.1, -0.05) is 0 Å². The van der Waals surface area contributed by atoms with Gasteiger partial charge in [0.2, 0.25) is 5.95 Å². The van der Waals surface area contributed by atoms with E-state index in [2.05, 4.69) is 25.3 Å². The molecule has 3 atom stereocenters. The second-order valence-electron chi connectivity index (χ2n) is 7.80. The molecule has 8 N–H and O–H groups in total. The number of hydrogen-bond acceptors (Lipinski definition) is 10. The van der Waals surface area contributed by atoms with Gasteiger partial charge in [0.1, 0.15) is 12.1 Å². The van der Waals surface area contributed by atoms with Crippen LogP contribution in [0, 0.1) is 0 Å². The van der Waals surface area contributed by atoms with Crippen LogP contribution in [-0.4, -0.2) is 67.1 Å². The van der Waals surface area contributed by atoms with Crippen molar-refractivity contribution in [3.8, 4) is 0 Å². The summed E-state index contributed by atoms with van der Waals surface area (Å²) in [5.74, 6) is -3.51. The van der Waals surface area contributed by atoms with Gasteiger partial charge >= 0.3 is 11.9 Å². The summed E-state index contributed by atoms with van der Waals surface area (Å²) in [6, 6.07) is 3.06. The molecule has 0 bridgehead atoms. The van der Waals surface area contributed by atoms with E-state index in [4.69, 9.17) is 16.6 Å². The first-order valence-electron chi connectivity index (χ1n) is 10.3. The zero-order valence-electron chi connectivity index (χ0n) is 18.8. The number of benzene rings is 1. The van der Waals surface area contributed by atoms with Crippen LogP contribution in [0.25, 0.3) is 11.2 Å². The number of carboxylic acid groups (broad SMARTS) is 2. The number of hydrogen-bond donors (Lipinski definition) is 6. The van der Waals surface area contributed by atoms with Crippen LogP contribution in [0.15, 0.2) is 35.3 Å². The molecule has 0 fully saturated rings. The van der Waals surface area contributed by atoms with E-state index in [-0.39, 0.29) is 28.7 Å². The number of carbonyl (C=O) groups is 3. The number of nitrogens with zero attached hydrogens (tertiary/aromatic N) is 4. The van der Waals surface area contributed by atoms with Gasteiger partial charge in [-0.25, -0.2) is 14.8 Å². The normalized spacial score (nSPS) is 13.6. The fraction of sp³-hybridized carbons (Fsp3) is 0.286. The molecule has 3 rings (SSSR count). The van der Waals surface area contributed by atoms with Crippen LogP contribution in [0.3, 0.4) is 0 Å². The van der Waals surface area contributed by atoms with Crippen LogP contribution >= 0.6 is 0 Å². The average Bonchev–Trinajstić information content (AvgIpc) is 2.82. The van der Waals surface area contributed by atoms with Crippen molar-refractivity contribution in [1.82, 2.24) is 25.3 Å². The monoisotopic (exact) mass is 484 g/mol. The molecule has 1 amide bonds. The first-order valence-corrected chi connectivity index (χ1v) is 10.3. The number of rotatable bonds is 9. The first-order chi connectivity index (χ1) is 16.5. The maximum absolute atomic E-state index is 12.5. The third-order valence-electron chi connectivity index (χ3n) is 5.41. The lowest BCUT2D eigenvalue weighted by molar-refractivity contribution is -0.141. The molecule has 2 heterocycles. The SMILES string of the molecule is CC(c1cnc2nc(N)[nH]c(=O)c2n1)N(C)c1ccc(C(=O)NC(CC(N)C(=O)O)C(=O)O)cc1. The number of anilines is 2. The van der Waals surface area contributed by atoms with Crippen LogP contribution in [0.4, 0.5) is 11.6 Å². The molecule has 0 aliphatic carbocycles. The lowest BCUT2D eigenvalue weighted by Gasteiger charge is -2.26. The molecule has 3 aromatic rings. The molecule has 0 aliphatic rings. The third-order valence-corrected chi connectivity index (χ3v) is 5.41. The summed E-state index contributed by atoms with van der Waals surface area (Å²) in [6.07, 6.45) is 1.03. The third kappa shape index (κ3) is 5.67. The number of fused-ring (bicyclic) bond motifs is 1. The van der Waals surface area contributed by atoms with Gasteiger partial charge in [-0.15, -0.1) is 0 Å². The van der Waals surface area contributed by atoms with Crippen LogP contribution < -0.4 is 27.2 Å².